The molecule has 0 aliphatic heterocycles. The number of hydrogen-bond acceptors (Lipinski definition) is 2. The minimum atomic E-state index is -1.71. The Hall–Kier alpha value is -0.380. The molecule has 0 aromatic heterocycles. The number of hydrogen-bond donors (Lipinski definition) is 0. The van der Waals surface area contributed by atoms with Gasteiger partial charge in [-0.1, -0.05) is 0 Å². The lowest BCUT2D eigenvalue weighted by molar-refractivity contribution is 0.401. The molecule has 0 amide bonds. The summed E-state index contributed by atoms with van der Waals surface area (Å²) in [5, 5.41) is -0.635. The highest BCUT2D eigenvalue weighted by atomic mass is 31.1. The highest BCUT2D eigenvalue weighted by molar-refractivity contribution is 7.41. The molecule has 0 spiro atoms. The van der Waals surface area contributed by atoms with Crippen molar-refractivity contribution in [2.45, 2.75) is 19.0 Å². The van der Waals surface area contributed by atoms with Crippen molar-refractivity contribution in [3.8, 4) is 12.3 Å². The number of terminal acetylenes is 1. The van der Waals surface area contributed by atoms with E-state index in [1.807, 2.05) is 0 Å². The molecule has 3 heteroatoms. The Labute approximate surface area is 56.5 Å². The van der Waals surface area contributed by atoms with Crippen molar-refractivity contribution in [1.29, 1.82) is 0 Å². The first-order valence-corrected chi connectivity index (χ1v) is 3.71. The smallest absolute Gasteiger partial charge is 0.148 e. The lowest BCUT2D eigenvalue weighted by atomic mass is 10.2. The summed E-state index contributed by atoms with van der Waals surface area (Å²) in [6.07, 6.45) is 5.07. The normalized spacial score (nSPS) is 12.4. The molecule has 0 saturated heterocycles. The molecule has 50 valence electrons. The molecular formula is C6H10O2P+. The average Bonchev–Trinajstić information content (AvgIpc) is 1.86. The van der Waals surface area contributed by atoms with Crippen LogP contribution in [0.5, 0.6) is 0 Å². The third-order valence-corrected chi connectivity index (χ3v) is 2.35. The third kappa shape index (κ3) is 2.13. The van der Waals surface area contributed by atoms with Crippen LogP contribution >= 0.6 is 8.03 Å². The van der Waals surface area contributed by atoms with Crippen LogP contribution in [-0.2, 0) is 9.09 Å². The van der Waals surface area contributed by atoms with Crippen molar-refractivity contribution in [1.82, 2.24) is 0 Å². The Bertz CT molecular complexity index is 155. The van der Waals surface area contributed by atoms with Gasteiger partial charge in [-0.25, -0.2) is 0 Å². The zero-order chi connectivity index (χ0) is 7.49. The fraction of sp³-hybridized carbons (Fsp3) is 0.667. The Balaban J connectivity index is 4.19. The van der Waals surface area contributed by atoms with Gasteiger partial charge in [0.2, 0.25) is 0 Å². The van der Waals surface area contributed by atoms with Gasteiger partial charge in [-0.05, 0) is 24.3 Å². The molecule has 0 bridgehead atoms. The van der Waals surface area contributed by atoms with Gasteiger partial charge in [0.1, 0.15) is 0 Å². The van der Waals surface area contributed by atoms with Gasteiger partial charge in [-0.3, -0.25) is 0 Å². The third-order valence-electron chi connectivity index (χ3n) is 0.975. The first-order chi connectivity index (χ1) is 4.04. The molecule has 0 aromatic carbocycles. The fourth-order valence-corrected chi connectivity index (χ4v) is 0.843. The van der Waals surface area contributed by atoms with Crippen LogP contribution in [-0.4, -0.2) is 12.3 Å². The first kappa shape index (κ1) is 8.62. The van der Waals surface area contributed by atoms with Crippen molar-refractivity contribution >= 4 is 8.03 Å². The molecule has 9 heavy (non-hydrogen) atoms. The molecule has 0 heterocycles. The fourth-order valence-electron chi connectivity index (χ4n) is 0.281. The van der Waals surface area contributed by atoms with Crippen LogP contribution in [0.3, 0.4) is 0 Å². The average molecular weight is 145 g/mol. The van der Waals surface area contributed by atoms with Gasteiger partial charge in [-0.15, -0.1) is 10.9 Å². The molecule has 0 saturated carbocycles. The largest absolute Gasteiger partial charge is 0.526 e. The van der Waals surface area contributed by atoms with E-state index < -0.39 is 13.2 Å². The molecule has 2 nitrogen and oxygen atoms in total. The second kappa shape index (κ2) is 2.96. The molecule has 0 radical (unpaired) electrons. The number of rotatable bonds is 2. The van der Waals surface area contributed by atoms with Crippen molar-refractivity contribution in [2.24, 2.45) is 0 Å². The van der Waals surface area contributed by atoms with E-state index in [0.717, 1.165) is 0 Å². The Morgan fingerprint density at radius 1 is 1.67 bits per heavy atom. The van der Waals surface area contributed by atoms with E-state index in [9.17, 15) is 4.57 Å². The molecule has 0 aliphatic carbocycles. The molecule has 1 unspecified atom stereocenters. The van der Waals surface area contributed by atoms with E-state index in [1.54, 1.807) is 13.8 Å². The zero-order valence-corrected chi connectivity index (χ0v) is 6.74. The van der Waals surface area contributed by atoms with Crippen LogP contribution in [0.15, 0.2) is 0 Å². The molecule has 0 N–H and O–H groups in total. The second-order valence-electron chi connectivity index (χ2n) is 2.14. The van der Waals surface area contributed by atoms with Crippen molar-refractivity contribution < 1.29 is 9.09 Å². The molecule has 0 fully saturated rings. The first-order valence-electron chi connectivity index (χ1n) is 2.54. The predicted molar refractivity (Wildman–Crippen MR) is 37.5 cm³/mol. The highest BCUT2D eigenvalue weighted by Gasteiger charge is 2.38. The standard InChI is InChI=1S/C6H10O2P/c1-5-6(2,3)9(7)8-4/h1H,2-4H3/q+1. The second-order valence-corrected chi connectivity index (χ2v) is 4.14. The minimum Gasteiger partial charge on any atom is -0.148 e. The Morgan fingerprint density at radius 3 is 2.22 bits per heavy atom. The van der Waals surface area contributed by atoms with Gasteiger partial charge in [0.05, 0.1) is 7.11 Å². The minimum absolute atomic E-state index is 0.635. The van der Waals surface area contributed by atoms with Crippen LogP contribution in [0.25, 0.3) is 0 Å². The maximum absolute atomic E-state index is 10.8. The molecule has 0 aromatic rings. The maximum atomic E-state index is 10.8. The summed E-state index contributed by atoms with van der Waals surface area (Å²) in [5.41, 5.74) is 0. The summed E-state index contributed by atoms with van der Waals surface area (Å²) >= 11 is 0. The zero-order valence-electron chi connectivity index (χ0n) is 5.84. The summed E-state index contributed by atoms with van der Waals surface area (Å²) in [4.78, 5) is 0. The lowest BCUT2D eigenvalue weighted by Crippen LogP contribution is -2.10. The van der Waals surface area contributed by atoms with Gasteiger partial charge in [0.15, 0.2) is 0 Å². The van der Waals surface area contributed by atoms with E-state index in [2.05, 4.69) is 10.4 Å². The molecule has 0 aliphatic rings. The summed E-state index contributed by atoms with van der Waals surface area (Å²) < 4.78 is 15.4. The van der Waals surface area contributed by atoms with Gasteiger partial charge in [0, 0.05) is 0 Å². The van der Waals surface area contributed by atoms with Crippen LogP contribution in [0.1, 0.15) is 13.8 Å². The van der Waals surface area contributed by atoms with Crippen molar-refractivity contribution in [3.05, 3.63) is 0 Å². The Morgan fingerprint density at radius 2 is 2.11 bits per heavy atom. The van der Waals surface area contributed by atoms with E-state index in [4.69, 9.17) is 6.42 Å². The van der Waals surface area contributed by atoms with Gasteiger partial charge in [-0.2, -0.15) is 0 Å². The van der Waals surface area contributed by atoms with Crippen LogP contribution in [0, 0.1) is 12.3 Å². The highest BCUT2D eigenvalue weighted by Crippen LogP contribution is 2.37. The quantitative estimate of drug-likeness (QED) is 0.437. The summed E-state index contributed by atoms with van der Waals surface area (Å²) in [6.45, 7) is 3.41. The van der Waals surface area contributed by atoms with Gasteiger partial charge in [0.25, 0.3) is 5.16 Å². The molecular weight excluding hydrogens is 135 g/mol. The van der Waals surface area contributed by atoms with Crippen molar-refractivity contribution in [2.75, 3.05) is 7.11 Å². The van der Waals surface area contributed by atoms with E-state index in [-0.39, 0.29) is 0 Å². The lowest BCUT2D eigenvalue weighted by Gasteiger charge is -1.98. The van der Waals surface area contributed by atoms with E-state index >= 15 is 0 Å². The molecule has 0 rings (SSSR count). The van der Waals surface area contributed by atoms with E-state index in [0.29, 0.717) is 0 Å². The SMILES string of the molecule is C#CC(C)(C)[P+](=O)OC. The maximum Gasteiger partial charge on any atom is 0.526 e. The predicted octanol–water partition coefficient (Wildman–Crippen LogP) is 1.79. The summed E-state index contributed by atoms with van der Waals surface area (Å²) in [7, 11) is -0.321. The van der Waals surface area contributed by atoms with Crippen LogP contribution < -0.4 is 0 Å². The summed E-state index contributed by atoms with van der Waals surface area (Å²) in [5.74, 6) is 2.38. The van der Waals surface area contributed by atoms with E-state index in [1.165, 1.54) is 7.11 Å². The van der Waals surface area contributed by atoms with Crippen LogP contribution in [0.4, 0.5) is 0 Å². The summed E-state index contributed by atoms with van der Waals surface area (Å²) in [6, 6.07) is 0. The van der Waals surface area contributed by atoms with Gasteiger partial charge >= 0.3 is 8.03 Å². The monoisotopic (exact) mass is 145 g/mol. The van der Waals surface area contributed by atoms with Crippen LogP contribution in [0.2, 0.25) is 0 Å². The topological polar surface area (TPSA) is 26.3 Å². The Kier molecular flexibility index (Phi) is 2.84. The molecule has 1 atom stereocenters. The van der Waals surface area contributed by atoms with Crippen molar-refractivity contribution in [3.63, 3.8) is 0 Å². The van der Waals surface area contributed by atoms with Gasteiger partial charge < -0.3 is 0 Å².